The highest BCUT2D eigenvalue weighted by atomic mass is 16.3. The lowest BCUT2D eigenvalue weighted by Crippen LogP contribution is -2.28. The second-order valence-corrected chi connectivity index (χ2v) is 3.53. The van der Waals surface area contributed by atoms with E-state index in [4.69, 9.17) is 0 Å². The molecule has 1 unspecified atom stereocenters. The predicted octanol–water partition coefficient (Wildman–Crippen LogP) is 2.09. The van der Waals surface area contributed by atoms with Crippen LogP contribution in [0.2, 0.25) is 0 Å². The molecule has 0 saturated heterocycles. The molecular formula is C10H22O2. The van der Waals surface area contributed by atoms with E-state index in [0.717, 1.165) is 25.7 Å². The highest BCUT2D eigenvalue weighted by Crippen LogP contribution is 2.22. The Morgan fingerprint density at radius 3 is 2.00 bits per heavy atom. The van der Waals surface area contributed by atoms with E-state index in [1.165, 1.54) is 0 Å². The van der Waals surface area contributed by atoms with Gasteiger partial charge in [-0.3, -0.25) is 0 Å². The molecule has 12 heavy (non-hydrogen) atoms. The van der Waals surface area contributed by atoms with E-state index >= 15 is 0 Å². The molecule has 0 aliphatic rings. The van der Waals surface area contributed by atoms with Gasteiger partial charge in [0.15, 0.2) is 0 Å². The molecule has 0 heterocycles. The van der Waals surface area contributed by atoms with E-state index in [0.29, 0.717) is 6.42 Å². The average molecular weight is 174 g/mol. The molecule has 0 fully saturated rings. The highest BCUT2D eigenvalue weighted by Gasteiger charge is 2.22. The molecule has 0 aromatic heterocycles. The van der Waals surface area contributed by atoms with Gasteiger partial charge >= 0.3 is 0 Å². The van der Waals surface area contributed by atoms with Crippen LogP contribution >= 0.6 is 0 Å². The van der Waals surface area contributed by atoms with Crippen LogP contribution in [0.15, 0.2) is 0 Å². The molecule has 2 nitrogen and oxygen atoms in total. The maximum atomic E-state index is 9.86. The van der Waals surface area contributed by atoms with Crippen molar-refractivity contribution < 1.29 is 10.2 Å². The number of rotatable bonds is 6. The molecule has 0 bridgehead atoms. The van der Waals surface area contributed by atoms with Crippen molar-refractivity contribution in [1.29, 1.82) is 0 Å². The van der Waals surface area contributed by atoms with Crippen LogP contribution in [0.25, 0.3) is 0 Å². The number of aliphatic hydroxyl groups excluding tert-OH is 1. The minimum atomic E-state index is -0.545. The van der Waals surface area contributed by atoms with Gasteiger partial charge in [-0.25, -0.2) is 0 Å². The van der Waals surface area contributed by atoms with Crippen LogP contribution in [-0.2, 0) is 0 Å². The molecule has 0 saturated carbocycles. The Morgan fingerprint density at radius 1 is 1.17 bits per heavy atom. The van der Waals surface area contributed by atoms with E-state index in [2.05, 4.69) is 0 Å². The Bertz CT molecular complexity index is 108. The van der Waals surface area contributed by atoms with Crippen LogP contribution in [0.1, 0.15) is 52.9 Å². The molecule has 0 aromatic carbocycles. The fourth-order valence-corrected chi connectivity index (χ4v) is 1.24. The first-order chi connectivity index (χ1) is 5.58. The Hall–Kier alpha value is -0.0800. The van der Waals surface area contributed by atoms with Crippen molar-refractivity contribution in [3.63, 3.8) is 0 Å². The molecule has 1 atom stereocenters. The molecule has 2 heteroatoms. The molecule has 0 aromatic rings. The second kappa shape index (κ2) is 5.55. The maximum Gasteiger partial charge on any atom is 0.0643 e. The topological polar surface area (TPSA) is 40.5 Å². The second-order valence-electron chi connectivity index (χ2n) is 3.53. The zero-order valence-corrected chi connectivity index (χ0v) is 8.51. The lowest BCUT2D eigenvalue weighted by molar-refractivity contribution is 0.00823. The number of hydrogen-bond acceptors (Lipinski definition) is 2. The van der Waals surface area contributed by atoms with Crippen molar-refractivity contribution in [1.82, 2.24) is 0 Å². The normalized spacial score (nSPS) is 14.8. The Morgan fingerprint density at radius 2 is 1.67 bits per heavy atom. The SMILES string of the molecule is CCC(O)CCC(O)(CC)CC. The van der Waals surface area contributed by atoms with Gasteiger partial charge in [-0.2, -0.15) is 0 Å². The van der Waals surface area contributed by atoms with Gasteiger partial charge in [0.25, 0.3) is 0 Å². The third-order valence-electron chi connectivity index (χ3n) is 2.73. The molecular weight excluding hydrogens is 152 g/mol. The maximum absolute atomic E-state index is 9.86. The summed E-state index contributed by atoms with van der Waals surface area (Å²) in [4.78, 5) is 0. The van der Waals surface area contributed by atoms with Crippen molar-refractivity contribution in [2.45, 2.75) is 64.6 Å². The summed E-state index contributed by atoms with van der Waals surface area (Å²) >= 11 is 0. The third kappa shape index (κ3) is 4.07. The van der Waals surface area contributed by atoms with Gasteiger partial charge in [0, 0.05) is 0 Å². The first-order valence-electron chi connectivity index (χ1n) is 4.98. The number of aliphatic hydroxyl groups is 2. The summed E-state index contributed by atoms with van der Waals surface area (Å²) in [7, 11) is 0. The Labute approximate surface area is 75.6 Å². The molecule has 0 radical (unpaired) electrons. The quantitative estimate of drug-likeness (QED) is 0.647. The molecule has 0 aliphatic heterocycles. The van der Waals surface area contributed by atoms with E-state index in [1.807, 2.05) is 20.8 Å². The van der Waals surface area contributed by atoms with Gasteiger partial charge < -0.3 is 10.2 Å². The highest BCUT2D eigenvalue weighted by molar-refractivity contribution is 4.75. The van der Waals surface area contributed by atoms with E-state index < -0.39 is 5.60 Å². The van der Waals surface area contributed by atoms with Crippen molar-refractivity contribution in [3.05, 3.63) is 0 Å². The first kappa shape index (κ1) is 11.9. The van der Waals surface area contributed by atoms with Gasteiger partial charge in [0.05, 0.1) is 11.7 Å². The smallest absolute Gasteiger partial charge is 0.0643 e. The van der Waals surface area contributed by atoms with Gasteiger partial charge in [0.2, 0.25) is 0 Å². The van der Waals surface area contributed by atoms with Crippen molar-refractivity contribution in [3.8, 4) is 0 Å². The summed E-state index contributed by atoms with van der Waals surface area (Å²) in [6.45, 7) is 5.94. The summed E-state index contributed by atoms with van der Waals surface area (Å²) < 4.78 is 0. The van der Waals surface area contributed by atoms with Crippen molar-refractivity contribution in [2.75, 3.05) is 0 Å². The minimum Gasteiger partial charge on any atom is -0.393 e. The van der Waals surface area contributed by atoms with Crippen LogP contribution in [0.5, 0.6) is 0 Å². The van der Waals surface area contributed by atoms with Crippen LogP contribution in [0, 0.1) is 0 Å². The molecule has 74 valence electrons. The predicted molar refractivity (Wildman–Crippen MR) is 51.1 cm³/mol. The molecule has 0 amide bonds. The summed E-state index contributed by atoms with van der Waals surface area (Å²) in [5.74, 6) is 0. The van der Waals surface area contributed by atoms with Crippen LogP contribution in [-0.4, -0.2) is 21.9 Å². The molecule has 2 N–H and O–H groups in total. The van der Waals surface area contributed by atoms with Gasteiger partial charge in [-0.05, 0) is 32.1 Å². The molecule has 0 aliphatic carbocycles. The van der Waals surface area contributed by atoms with E-state index in [9.17, 15) is 10.2 Å². The summed E-state index contributed by atoms with van der Waals surface area (Å²) in [6, 6.07) is 0. The van der Waals surface area contributed by atoms with Crippen LogP contribution in [0.3, 0.4) is 0 Å². The summed E-state index contributed by atoms with van der Waals surface area (Å²) in [6.07, 6.45) is 3.53. The van der Waals surface area contributed by atoms with E-state index in [-0.39, 0.29) is 6.10 Å². The monoisotopic (exact) mass is 174 g/mol. The molecule has 0 spiro atoms. The van der Waals surface area contributed by atoms with Crippen molar-refractivity contribution in [2.24, 2.45) is 0 Å². The summed E-state index contributed by atoms with van der Waals surface area (Å²) in [5, 5.41) is 19.2. The van der Waals surface area contributed by atoms with Crippen LogP contribution in [0.4, 0.5) is 0 Å². The average Bonchev–Trinajstić information content (AvgIpc) is 2.13. The van der Waals surface area contributed by atoms with Gasteiger partial charge in [-0.1, -0.05) is 20.8 Å². The lowest BCUT2D eigenvalue weighted by atomic mass is 9.90. The van der Waals surface area contributed by atoms with Crippen molar-refractivity contribution >= 4 is 0 Å². The van der Waals surface area contributed by atoms with Gasteiger partial charge in [0.1, 0.15) is 0 Å². The largest absolute Gasteiger partial charge is 0.393 e. The summed E-state index contributed by atoms with van der Waals surface area (Å²) in [5.41, 5.74) is -0.545. The standard InChI is InChI=1S/C10H22O2/c1-4-9(11)7-8-10(12,5-2)6-3/h9,11-12H,4-8H2,1-3H3. The zero-order valence-electron chi connectivity index (χ0n) is 8.51. The first-order valence-corrected chi connectivity index (χ1v) is 4.98. The van der Waals surface area contributed by atoms with E-state index in [1.54, 1.807) is 0 Å². The lowest BCUT2D eigenvalue weighted by Gasteiger charge is -2.25. The fraction of sp³-hybridized carbons (Fsp3) is 1.00. The third-order valence-corrected chi connectivity index (χ3v) is 2.73. The number of hydrogen-bond donors (Lipinski definition) is 2. The molecule has 0 rings (SSSR count). The Balaban J connectivity index is 3.72. The minimum absolute atomic E-state index is 0.241. The zero-order chi connectivity index (χ0) is 9.61. The Kier molecular flexibility index (Phi) is 5.51. The fourth-order valence-electron chi connectivity index (χ4n) is 1.24. The van der Waals surface area contributed by atoms with Crippen LogP contribution < -0.4 is 0 Å². The van der Waals surface area contributed by atoms with Gasteiger partial charge in [-0.15, -0.1) is 0 Å².